The minimum Gasteiger partial charge on any atom is -0.384 e. The van der Waals surface area contributed by atoms with Gasteiger partial charge in [0.2, 0.25) is 5.91 Å². The number of amides is 1. The van der Waals surface area contributed by atoms with Gasteiger partial charge in [-0.2, -0.15) is 4.80 Å². The number of carbonyl (C=O) groups is 1. The fraction of sp³-hybridized carbons (Fsp3) is 0.800. The number of aromatic nitrogens is 4. The van der Waals surface area contributed by atoms with Crippen molar-refractivity contribution in [2.45, 2.75) is 12.8 Å². The molecule has 18 heavy (non-hydrogen) atoms. The van der Waals surface area contributed by atoms with Gasteiger partial charge in [0.15, 0.2) is 0 Å². The van der Waals surface area contributed by atoms with E-state index in [0.717, 1.165) is 25.9 Å². The van der Waals surface area contributed by atoms with Crippen molar-refractivity contribution in [2.75, 3.05) is 32.1 Å². The minimum absolute atomic E-state index is 0.0983. The van der Waals surface area contributed by atoms with Gasteiger partial charge in [-0.15, -0.1) is 5.10 Å². The first-order valence-corrected chi connectivity index (χ1v) is 5.91. The Bertz CT molecular complexity index is 407. The van der Waals surface area contributed by atoms with E-state index in [-0.39, 0.29) is 11.9 Å². The molecular weight excluding hydrogens is 236 g/mol. The first kappa shape index (κ1) is 12.9. The Morgan fingerprint density at radius 3 is 2.83 bits per heavy atom. The van der Waals surface area contributed by atoms with Gasteiger partial charge in [0.25, 0.3) is 5.95 Å². The van der Waals surface area contributed by atoms with Crippen molar-refractivity contribution in [1.82, 2.24) is 25.5 Å². The van der Waals surface area contributed by atoms with E-state index in [4.69, 9.17) is 4.74 Å². The monoisotopic (exact) mass is 254 g/mol. The second-order valence-corrected chi connectivity index (χ2v) is 4.52. The number of hydrogen-bond donors (Lipinski definition) is 2. The van der Waals surface area contributed by atoms with Crippen LogP contribution < -0.4 is 10.6 Å². The quantitative estimate of drug-likeness (QED) is 0.728. The second-order valence-electron chi connectivity index (χ2n) is 4.52. The van der Waals surface area contributed by atoms with Crippen molar-refractivity contribution in [3.63, 3.8) is 0 Å². The van der Waals surface area contributed by atoms with E-state index in [0.29, 0.717) is 6.61 Å². The van der Waals surface area contributed by atoms with E-state index in [1.165, 1.54) is 4.80 Å². The fourth-order valence-corrected chi connectivity index (χ4v) is 2.19. The summed E-state index contributed by atoms with van der Waals surface area (Å²) in [4.78, 5) is 13.7. The summed E-state index contributed by atoms with van der Waals surface area (Å²) in [7, 11) is 3.26. The van der Waals surface area contributed by atoms with Crippen LogP contribution in [-0.2, 0) is 16.6 Å². The molecule has 0 atom stereocenters. The van der Waals surface area contributed by atoms with Gasteiger partial charge in [-0.25, -0.2) is 0 Å². The molecule has 1 aromatic rings. The maximum Gasteiger partial charge on any atom is 0.270 e. The summed E-state index contributed by atoms with van der Waals surface area (Å²) in [6.07, 6.45) is 1.49. The molecule has 8 nitrogen and oxygen atoms in total. The van der Waals surface area contributed by atoms with E-state index in [1.807, 2.05) is 0 Å². The molecule has 1 aliphatic heterocycles. The summed E-state index contributed by atoms with van der Waals surface area (Å²) < 4.78 is 5.20. The Kier molecular flexibility index (Phi) is 3.87. The van der Waals surface area contributed by atoms with Crippen LogP contribution in [0, 0.1) is 5.41 Å². The molecule has 2 rings (SSSR count). The zero-order valence-corrected chi connectivity index (χ0v) is 10.6. The zero-order valence-electron chi connectivity index (χ0n) is 10.6. The molecule has 2 heterocycles. The lowest BCUT2D eigenvalue weighted by Gasteiger charge is -2.34. The van der Waals surface area contributed by atoms with Gasteiger partial charge in [0, 0.05) is 7.11 Å². The number of piperidine rings is 1. The molecule has 2 N–H and O–H groups in total. The predicted octanol–water partition coefficient (Wildman–Crippen LogP) is -0.835. The standard InChI is InChI=1S/C10H18N6O2/c1-16-14-9(13-15-16)12-8(17)10(7-18-2)3-5-11-6-4-10/h11H,3-7H2,1-2H3,(H,12,14,17). The summed E-state index contributed by atoms with van der Waals surface area (Å²) in [5.41, 5.74) is -0.501. The van der Waals surface area contributed by atoms with E-state index >= 15 is 0 Å². The highest BCUT2D eigenvalue weighted by atomic mass is 16.5. The maximum atomic E-state index is 12.4. The zero-order chi connectivity index (χ0) is 13.0. The number of rotatable bonds is 4. The van der Waals surface area contributed by atoms with Crippen LogP contribution in [-0.4, -0.2) is 52.9 Å². The molecule has 1 saturated heterocycles. The number of tetrazole rings is 1. The van der Waals surface area contributed by atoms with Crippen molar-refractivity contribution in [2.24, 2.45) is 12.5 Å². The molecule has 0 spiro atoms. The third kappa shape index (κ3) is 2.65. The molecule has 100 valence electrons. The number of nitrogens with zero attached hydrogens (tertiary/aromatic N) is 4. The van der Waals surface area contributed by atoms with E-state index in [2.05, 4.69) is 26.0 Å². The number of hydrogen-bond acceptors (Lipinski definition) is 6. The normalized spacial score (nSPS) is 18.6. The Morgan fingerprint density at radius 1 is 1.56 bits per heavy atom. The van der Waals surface area contributed by atoms with Crippen LogP contribution in [0.2, 0.25) is 0 Å². The van der Waals surface area contributed by atoms with Crippen molar-refractivity contribution in [3.8, 4) is 0 Å². The second kappa shape index (κ2) is 5.40. The molecule has 0 saturated carbocycles. The van der Waals surface area contributed by atoms with Gasteiger partial charge >= 0.3 is 0 Å². The molecular formula is C10H18N6O2. The highest BCUT2D eigenvalue weighted by Crippen LogP contribution is 2.30. The largest absolute Gasteiger partial charge is 0.384 e. The van der Waals surface area contributed by atoms with Gasteiger partial charge < -0.3 is 10.1 Å². The third-order valence-corrected chi connectivity index (χ3v) is 3.20. The molecule has 0 radical (unpaired) electrons. The number of aryl methyl sites for hydroxylation is 1. The van der Waals surface area contributed by atoms with Crippen LogP contribution in [0.3, 0.4) is 0 Å². The van der Waals surface area contributed by atoms with Crippen molar-refractivity contribution >= 4 is 11.9 Å². The summed E-state index contributed by atoms with van der Waals surface area (Å²) in [6, 6.07) is 0. The first-order valence-electron chi connectivity index (χ1n) is 5.91. The third-order valence-electron chi connectivity index (χ3n) is 3.20. The number of methoxy groups -OCH3 is 1. The smallest absolute Gasteiger partial charge is 0.270 e. The minimum atomic E-state index is -0.501. The molecule has 0 unspecified atom stereocenters. The molecule has 0 aromatic carbocycles. The average Bonchev–Trinajstić information content (AvgIpc) is 2.76. The number of nitrogens with one attached hydrogen (secondary N) is 2. The van der Waals surface area contributed by atoms with Crippen molar-refractivity contribution < 1.29 is 9.53 Å². The Morgan fingerprint density at radius 2 is 2.28 bits per heavy atom. The lowest BCUT2D eigenvalue weighted by molar-refractivity contribution is -0.130. The molecule has 1 aromatic heterocycles. The first-order chi connectivity index (χ1) is 8.66. The lowest BCUT2D eigenvalue weighted by atomic mass is 9.79. The average molecular weight is 254 g/mol. The Labute approximate surface area is 105 Å². The summed E-state index contributed by atoms with van der Waals surface area (Å²) in [6.45, 7) is 2.02. The number of anilines is 1. The van der Waals surface area contributed by atoms with Crippen LogP contribution in [0.4, 0.5) is 5.95 Å². The lowest BCUT2D eigenvalue weighted by Crippen LogP contribution is -2.47. The van der Waals surface area contributed by atoms with Crippen LogP contribution >= 0.6 is 0 Å². The Balaban J connectivity index is 2.08. The number of ether oxygens (including phenoxy) is 1. The van der Waals surface area contributed by atoms with E-state index in [9.17, 15) is 4.79 Å². The van der Waals surface area contributed by atoms with Crippen LogP contribution in [0.1, 0.15) is 12.8 Å². The van der Waals surface area contributed by atoms with Crippen molar-refractivity contribution in [1.29, 1.82) is 0 Å². The summed E-state index contributed by atoms with van der Waals surface area (Å²) in [5.74, 6) is 0.135. The molecule has 8 heteroatoms. The molecule has 0 aliphatic carbocycles. The molecule has 1 amide bonds. The predicted molar refractivity (Wildman–Crippen MR) is 63.8 cm³/mol. The fourth-order valence-electron chi connectivity index (χ4n) is 2.19. The SMILES string of the molecule is COCC1(C(=O)Nc2nnn(C)n2)CCNCC1. The summed E-state index contributed by atoms with van der Waals surface area (Å²) >= 11 is 0. The van der Waals surface area contributed by atoms with E-state index < -0.39 is 5.41 Å². The highest BCUT2D eigenvalue weighted by Gasteiger charge is 2.40. The molecule has 1 fully saturated rings. The summed E-state index contributed by atoms with van der Waals surface area (Å²) in [5, 5.41) is 17.3. The van der Waals surface area contributed by atoms with Crippen LogP contribution in [0.5, 0.6) is 0 Å². The highest BCUT2D eigenvalue weighted by molar-refractivity contribution is 5.94. The van der Waals surface area contributed by atoms with Crippen LogP contribution in [0.15, 0.2) is 0 Å². The topological polar surface area (TPSA) is 94.0 Å². The van der Waals surface area contributed by atoms with Gasteiger partial charge in [-0.1, -0.05) is 5.10 Å². The van der Waals surface area contributed by atoms with Gasteiger partial charge in [0.05, 0.1) is 19.1 Å². The number of carbonyl (C=O) groups excluding carboxylic acids is 1. The van der Waals surface area contributed by atoms with Gasteiger partial charge in [0.1, 0.15) is 0 Å². The Hall–Kier alpha value is -1.54. The van der Waals surface area contributed by atoms with Crippen LogP contribution in [0.25, 0.3) is 0 Å². The molecule has 1 aliphatic rings. The molecule has 0 bridgehead atoms. The maximum absolute atomic E-state index is 12.4. The van der Waals surface area contributed by atoms with Gasteiger partial charge in [-0.3, -0.25) is 10.1 Å². The van der Waals surface area contributed by atoms with Crippen molar-refractivity contribution in [3.05, 3.63) is 0 Å². The van der Waals surface area contributed by atoms with Gasteiger partial charge in [-0.05, 0) is 31.1 Å². The van der Waals surface area contributed by atoms with E-state index in [1.54, 1.807) is 14.2 Å².